The van der Waals surface area contributed by atoms with Gasteiger partial charge in [0.05, 0.1) is 0 Å². The van der Waals surface area contributed by atoms with E-state index < -0.39 is 0 Å². The van der Waals surface area contributed by atoms with Gasteiger partial charge in [-0.1, -0.05) is 19.8 Å². The minimum atomic E-state index is 0.667. The van der Waals surface area contributed by atoms with Crippen molar-refractivity contribution >= 4 is 11.6 Å². The molecule has 0 atom stereocenters. The van der Waals surface area contributed by atoms with Crippen LogP contribution in [0.4, 0.5) is 11.6 Å². The molecule has 0 spiro atoms. The van der Waals surface area contributed by atoms with Gasteiger partial charge in [0.15, 0.2) is 0 Å². The Morgan fingerprint density at radius 1 is 1.29 bits per heavy atom. The van der Waals surface area contributed by atoms with E-state index in [1.54, 1.807) is 0 Å². The van der Waals surface area contributed by atoms with Crippen molar-refractivity contribution in [2.45, 2.75) is 51.5 Å². The number of nitrogens with one attached hydrogen (secondary N) is 2. The summed E-state index contributed by atoms with van der Waals surface area (Å²) in [5, 5.41) is 3.38. The van der Waals surface area contributed by atoms with Crippen molar-refractivity contribution in [1.82, 2.24) is 14.9 Å². The van der Waals surface area contributed by atoms with Crippen LogP contribution in [-0.4, -0.2) is 41.0 Å². The van der Waals surface area contributed by atoms with Crippen LogP contribution < -0.4 is 16.6 Å². The molecule has 1 fully saturated rings. The average molecular weight is 292 g/mol. The standard InChI is InChI=1S/C15H28N6/c1-3-6-13-18-14(11-15(19-13)20-16)17-9-10-21(2)12-7-4-5-8-12/h11-12H,3-10,16H2,1-2H3,(H2,17,18,19,20). The molecule has 1 aliphatic carbocycles. The first-order valence-corrected chi connectivity index (χ1v) is 8.01. The summed E-state index contributed by atoms with van der Waals surface area (Å²) in [6.45, 7) is 4.04. The first-order chi connectivity index (χ1) is 10.2. The lowest BCUT2D eigenvalue weighted by atomic mass is 10.2. The molecule has 1 saturated carbocycles. The highest BCUT2D eigenvalue weighted by atomic mass is 15.3. The summed E-state index contributed by atoms with van der Waals surface area (Å²) < 4.78 is 0. The zero-order chi connectivity index (χ0) is 15.1. The molecule has 4 N–H and O–H groups in total. The van der Waals surface area contributed by atoms with Gasteiger partial charge in [-0.05, 0) is 26.3 Å². The van der Waals surface area contributed by atoms with Gasteiger partial charge in [-0.2, -0.15) is 0 Å². The van der Waals surface area contributed by atoms with E-state index in [1.165, 1.54) is 25.7 Å². The summed E-state index contributed by atoms with van der Waals surface area (Å²) in [7, 11) is 2.22. The van der Waals surface area contributed by atoms with Gasteiger partial charge < -0.3 is 15.6 Å². The number of rotatable bonds is 8. The number of nitrogens with two attached hydrogens (primary N) is 1. The summed E-state index contributed by atoms with van der Waals surface area (Å²) in [4.78, 5) is 11.3. The Kier molecular flexibility index (Phi) is 6.20. The minimum Gasteiger partial charge on any atom is -0.369 e. The van der Waals surface area contributed by atoms with E-state index in [4.69, 9.17) is 5.84 Å². The van der Waals surface area contributed by atoms with E-state index in [0.717, 1.165) is 43.6 Å². The van der Waals surface area contributed by atoms with Crippen LogP contribution in [-0.2, 0) is 6.42 Å². The second-order valence-electron chi connectivity index (χ2n) is 5.79. The number of nitrogen functional groups attached to an aromatic ring is 1. The Balaban J connectivity index is 1.85. The molecule has 118 valence electrons. The van der Waals surface area contributed by atoms with E-state index in [0.29, 0.717) is 5.82 Å². The molecule has 6 heteroatoms. The monoisotopic (exact) mass is 292 g/mol. The highest BCUT2D eigenvalue weighted by Crippen LogP contribution is 2.22. The Morgan fingerprint density at radius 2 is 2.00 bits per heavy atom. The number of hydrazine groups is 1. The molecule has 0 aromatic carbocycles. The zero-order valence-corrected chi connectivity index (χ0v) is 13.2. The lowest BCUT2D eigenvalue weighted by Crippen LogP contribution is -2.33. The van der Waals surface area contributed by atoms with Crippen molar-refractivity contribution in [2.75, 3.05) is 30.9 Å². The van der Waals surface area contributed by atoms with Crippen LogP contribution >= 0.6 is 0 Å². The summed E-state index contributed by atoms with van der Waals surface area (Å²) in [6.07, 6.45) is 7.32. The largest absolute Gasteiger partial charge is 0.369 e. The minimum absolute atomic E-state index is 0.667. The number of hydrogen-bond donors (Lipinski definition) is 3. The van der Waals surface area contributed by atoms with Crippen molar-refractivity contribution in [3.8, 4) is 0 Å². The molecule has 0 unspecified atom stereocenters. The molecule has 1 aromatic rings. The van der Waals surface area contributed by atoms with Gasteiger partial charge in [0.1, 0.15) is 17.5 Å². The quantitative estimate of drug-likeness (QED) is 0.502. The molecule has 1 aromatic heterocycles. The van der Waals surface area contributed by atoms with Gasteiger partial charge in [0.25, 0.3) is 0 Å². The molecule has 0 amide bonds. The number of nitrogens with zero attached hydrogens (tertiary/aromatic N) is 3. The Morgan fingerprint density at radius 3 is 2.67 bits per heavy atom. The first kappa shape index (κ1) is 16.0. The van der Waals surface area contributed by atoms with E-state index in [-0.39, 0.29) is 0 Å². The molecule has 6 nitrogen and oxygen atoms in total. The second kappa shape index (κ2) is 8.14. The molecule has 0 saturated heterocycles. The van der Waals surface area contributed by atoms with Crippen LogP contribution in [0.1, 0.15) is 44.9 Å². The third-order valence-electron chi connectivity index (χ3n) is 4.11. The van der Waals surface area contributed by atoms with Crippen molar-refractivity contribution in [3.63, 3.8) is 0 Å². The number of aryl methyl sites for hydroxylation is 1. The van der Waals surface area contributed by atoms with Crippen molar-refractivity contribution in [3.05, 3.63) is 11.9 Å². The molecule has 1 heterocycles. The molecule has 0 bridgehead atoms. The Bertz CT molecular complexity index is 430. The van der Waals surface area contributed by atoms with Crippen LogP contribution in [0.15, 0.2) is 6.07 Å². The van der Waals surface area contributed by atoms with Crippen LogP contribution in [0, 0.1) is 0 Å². The number of aromatic nitrogens is 2. The van der Waals surface area contributed by atoms with E-state index in [9.17, 15) is 0 Å². The highest BCUT2D eigenvalue weighted by molar-refractivity contribution is 5.46. The predicted octanol–water partition coefficient (Wildman–Crippen LogP) is 2.00. The zero-order valence-electron chi connectivity index (χ0n) is 13.2. The van der Waals surface area contributed by atoms with Crippen molar-refractivity contribution in [2.24, 2.45) is 5.84 Å². The maximum atomic E-state index is 5.47. The molecule has 21 heavy (non-hydrogen) atoms. The molecule has 0 radical (unpaired) electrons. The molecular formula is C15H28N6. The maximum Gasteiger partial charge on any atom is 0.145 e. The SMILES string of the molecule is CCCc1nc(NN)cc(NCCN(C)C2CCCC2)n1. The number of likely N-dealkylation sites (N-methyl/N-ethyl adjacent to an activating group) is 1. The lowest BCUT2D eigenvalue weighted by Gasteiger charge is -2.24. The fourth-order valence-electron chi connectivity index (χ4n) is 2.88. The molecule has 1 aliphatic rings. The van der Waals surface area contributed by atoms with E-state index >= 15 is 0 Å². The topological polar surface area (TPSA) is 79.1 Å². The van der Waals surface area contributed by atoms with E-state index in [2.05, 4.69) is 39.6 Å². The van der Waals surface area contributed by atoms with Gasteiger partial charge in [0.2, 0.25) is 0 Å². The number of anilines is 2. The van der Waals surface area contributed by atoms with Crippen molar-refractivity contribution < 1.29 is 0 Å². The maximum absolute atomic E-state index is 5.47. The second-order valence-corrected chi connectivity index (χ2v) is 5.79. The number of hydrogen-bond acceptors (Lipinski definition) is 6. The van der Waals surface area contributed by atoms with Gasteiger partial charge in [0, 0.05) is 31.6 Å². The van der Waals surface area contributed by atoms with Crippen LogP contribution in [0.3, 0.4) is 0 Å². The Labute approximate surface area is 127 Å². The summed E-state index contributed by atoms with van der Waals surface area (Å²) in [6, 6.07) is 2.61. The first-order valence-electron chi connectivity index (χ1n) is 8.01. The lowest BCUT2D eigenvalue weighted by molar-refractivity contribution is 0.254. The van der Waals surface area contributed by atoms with Crippen molar-refractivity contribution in [1.29, 1.82) is 0 Å². The van der Waals surface area contributed by atoms with Gasteiger partial charge in [-0.25, -0.2) is 15.8 Å². The van der Waals surface area contributed by atoms with Crippen LogP contribution in [0.25, 0.3) is 0 Å². The van der Waals surface area contributed by atoms with Gasteiger partial charge in [-0.3, -0.25) is 0 Å². The highest BCUT2D eigenvalue weighted by Gasteiger charge is 2.18. The summed E-state index contributed by atoms with van der Waals surface area (Å²) in [5.41, 5.74) is 2.61. The normalized spacial score (nSPS) is 15.6. The third kappa shape index (κ3) is 4.82. The van der Waals surface area contributed by atoms with Crippen LogP contribution in [0.5, 0.6) is 0 Å². The molecular weight excluding hydrogens is 264 g/mol. The summed E-state index contributed by atoms with van der Waals surface area (Å²) in [5.74, 6) is 7.82. The third-order valence-corrected chi connectivity index (χ3v) is 4.11. The Hall–Kier alpha value is -1.40. The van der Waals surface area contributed by atoms with E-state index in [1.807, 2.05) is 6.07 Å². The van der Waals surface area contributed by atoms with Gasteiger partial charge in [-0.15, -0.1) is 0 Å². The smallest absolute Gasteiger partial charge is 0.145 e. The predicted molar refractivity (Wildman–Crippen MR) is 87.2 cm³/mol. The fourth-order valence-corrected chi connectivity index (χ4v) is 2.88. The molecule has 0 aliphatic heterocycles. The van der Waals surface area contributed by atoms with Crippen LogP contribution in [0.2, 0.25) is 0 Å². The average Bonchev–Trinajstić information content (AvgIpc) is 3.01. The fraction of sp³-hybridized carbons (Fsp3) is 0.733. The molecule has 2 rings (SSSR count). The van der Waals surface area contributed by atoms with Gasteiger partial charge >= 0.3 is 0 Å². The summed E-state index contributed by atoms with van der Waals surface area (Å²) >= 11 is 0.